The zero-order chi connectivity index (χ0) is 18.4. The summed E-state index contributed by atoms with van der Waals surface area (Å²) in [5, 5.41) is 0. The van der Waals surface area contributed by atoms with Gasteiger partial charge < -0.3 is 4.74 Å². The molecule has 138 valence electrons. The zero-order valence-corrected chi connectivity index (χ0v) is 16.0. The van der Waals surface area contributed by atoms with Gasteiger partial charge in [-0.3, -0.25) is 9.88 Å². The number of fused-ring (bicyclic) bond motifs is 3. The Morgan fingerprint density at radius 1 is 1.15 bits per heavy atom. The van der Waals surface area contributed by atoms with E-state index in [1.165, 1.54) is 31.5 Å². The molecular formula is C23H30N2O. The van der Waals surface area contributed by atoms with E-state index in [0.29, 0.717) is 6.10 Å². The Hall–Kier alpha value is -2.13. The maximum absolute atomic E-state index is 6.20. The highest BCUT2D eigenvalue weighted by Gasteiger charge is 2.35. The van der Waals surface area contributed by atoms with E-state index in [4.69, 9.17) is 4.74 Å². The predicted molar refractivity (Wildman–Crippen MR) is 108 cm³/mol. The largest absolute Gasteiger partial charge is 0.487 e. The van der Waals surface area contributed by atoms with E-state index in [9.17, 15) is 0 Å². The molecule has 26 heavy (non-hydrogen) atoms. The number of nitrogens with zero attached hydrogens (tertiary/aromatic N) is 2. The molecule has 3 nitrogen and oxygen atoms in total. The summed E-state index contributed by atoms with van der Waals surface area (Å²) in [5.41, 5.74) is 3.42. The van der Waals surface area contributed by atoms with Crippen LogP contribution in [0.15, 0.2) is 55.3 Å². The van der Waals surface area contributed by atoms with Crippen LogP contribution in [0.3, 0.4) is 0 Å². The van der Waals surface area contributed by atoms with Crippen LogP contribution >= 0.6 is 0 Å². The summed E-state index contributed by atoms with van der Waals surface area (Å²) in [5.74, 6) is 1.62. The van der Waals surface area contributed by atoms with E-state index in [1.54, 1.807) is 0 Å². The summed E-state index contributed by atoms with van der Waals surface area (Å²) in [6.45, 7) is 11.2. The number of pyridine rings is 1. The minimum atomic E-state index is 0.342. The highest BCUT2D eigenvalue weighted by molar-refractivity contribution is 5.59. The third-order valence-corrected chi connectivity index (χ3v) is 5.26. The van der Waals surface area contributed by atoms with Crippen molar-refractivity contribution in [3.63, 3.8) is 0 Å². The van der Waals surface area contributed by atoms with Crippen LogP contribution in [0.2, 0.25) is 0 Å². The first-order chi connectivity index (χ1) is 12.7. The average Bonchev–Trinajstić information content (AvgIpc) is 2.70. The smallest absolute Gasteiger partial charge is 0.138 e. The Balaban J connectivity index is 0.000000447. The number of piperidine rings is 3. The van der Waals surface area contributed by atoms with Gasteiger partial charge in [-0.15, -0.1) is 6.58 Å². The highest BCUT2D eigenvalue weighted by Crippen LogP contribution is 2.31. The van der Waals surface area contributed by atoms with Crippen LogP contribution in [0.1, 0.15) is 31.7 Å². The predicted octanol–water partition coefficient (Wildman–Crippen LogP) is 5.11. The molecule has 0 aliphatic carbocycles. The van der Waals surface area contributed by atoms with Gasteiger partial charge in [-0.05, 0) is 57.3 Å². The van der Waals surface area contributed by atoms with Crippen LogP contribution in [0, 0.1) is 12.8 Å². The molecule has 4 heterocycles. The Morgan fingerprint density at radius 2 is 1.85 bits per heavy atom. The van der Waals surface area contributed by atoms with Gasteiger partial charge >= 0.3 is 0 Å². The lowest BCUT2D eigenvalue weighted by atomic mass is 9.86. The minimum Gasteiger partial charge on any atom is -0.487 e. The molecule has 3 aliphatic heterocycles. The molecule has 3 saturated heterocycles. The van der Waals surface area contributed by atoms with Crippen molar-refractivity contribution in [3.05, 3.63) is 60.8 Å². The topological polar surface area (TPSA) is 25.4 Å². The Kier molecular flexibility index (Phi) is 6.45. The Morgan fingerprint density at radius 3 is 2.35 bits per heavy atom. The molecule has 1 aromatic heterocycles. The van der Waals surface area contributed by atoms with Gasteiger partial charge in [-0.2, -0.15) is 0 Å². The fourth-order valence-corrected chi connectivity index (χ4v) is 3.56. The summed E-state index contributed by atoms with van der Waals surface area (Å²) in [4.78, 5) is 7.08. The van der Waals surface area contributed by atoms with Crippen molar-refractivity contribution in [2.24, 2.45) is 5.92 Å². The van der Waals surface area contributed by atoms with E-state index >= 15 is 0 Å². The first-order valence-electron chi connectivity index (χ1n) is 9.72. The molecule has 3 heteroatoms. The van der Waals surface area contributed by atoms with Crippen molar-refractivity contribution in [2.45, 2.75) is 39.2 Å². The minimum absolute atomic E-state index is 0.342. The van der Waals surface area contributed by atoms with Gasteiger partial charge in [0.1, 0.15) is 11.9 Å². The summed E-state index contributed by atoms with van der Waals surface area (Å²) in [6.07, 6.45) is 7.72. The van der Waals surface area contributed by atoms with Crippen molar-refractivity contribution < 1.29 is 4.74 Å². The number of hydrogen-bond acceptors (Lipinski definition) is 3. The second-order valence-electron chi connectivity index (χ2n) is 7.24. The fraction of sp³-hybridized carbons (Fsp3) is 0.435. The number of ether oxygens (including phenoxy) is 1. The molecule has 0 radical (unpaired) electrons. The van der Waals surface area contributed by atoms with Crippen LogP contribution in [0.4, 0.5) is 0 Å². The molecule has 2 aromatic rings. The second-order valence-corrected chi connectivity index (χ2v) is 7.24. The Bertz CT molecular complexity index is 685. The van der Waals surface area contributed by atoms with Crippen molar-refractivity contribution in [3.8, 4) is 17.0 Å². The molecule has 5 rings (SSSR count). The quantitative estimate of drug-likeness (QED) is 0.716. The third-order valence-electron chi connectivity index (χ3n) is 5.26. The summed E-state index contributed by atoms with van der Waals surface area (Å²) < 4.78 is 6.20. The van der Waals surface area contributed by atoms with Crippen molar-refractivity contribution >= 4 is 0 Å². The summed E-state index contributed by atoms with van der Waals surface area (Å²) in [7, 11) is 0. The molecule has 1 aromatic carbocycles. The van der Waals surface area contributed by atoms with Gasteiger partial charge in [0.15, 0.2) is 0 Å². The van der Waals surface area contributed by atoms with Gasteiger partial charge in [0.2, 0.25) is 0 Å². The SMILES string of the molecule is C=CCC.Cc1ccc(-c2ccc(O[C@H]3CN4CCC3CC4)cn2)cc1. The average molecular weight is 351 g/mol. The molecule has 0 saturated carbocycles. The van der Waals surface area contributed by atoms with Crippen LogP contribution in [-0.2, 0) is 0 Å². The van der Waals surface area contributed by atoms with E-state index < -0.39 is 0 Å². The van der Waals surface area contributed by atoms with Crippen LogP contribution in [-0.4, -0.2) is 35.6 Å². The molecule has 1 atom stereocenters. The van der Waals surface area contributed by atoms with Crippen LogP contribution < -0.4 is 4.74 Å². The first kappa shape index (κ1) is 18.7. The molecule has 3 aliphatic rings. The Labute approximate surface area is 157 Å². The van der Waals surface area contributed by atoms with E-state index in [-0.39, 0.29) is 0 Å². The number of benzene rings is 1. The maximum Gasteiger partial charge on any atom is 0.138 e. The van der Waals surface area contributed by atoms with Crippen molar-refractivity contribution in [1.29, 1.82) is 0 Å². The molecule has 0 amide bonds. The molecule has 0 spiro atoms. The lowest BCUT2D eigenvalue weighted by Crippen LogP contribution is -2.52. The monoisotopic (exact) mass is 350 g/mol. The number of aromatic nitrogens is 1. The van der Waals surface area contributed by atoms with Gasteiger partial charge in [0, 0.05) is 12.1 Å². The second kappa shape index (κ2) is 9.00. The molecule has 0 unspecified atom stereocenters. The van der Waals surface area contributed by atoms with Gasteiger partial charge in [-0.25, -0.2) is 0 Å². The van der Waals surface area contributed by atoms with Crippen LogP contribution in [0.25, 0.3) is 11.3 Å². The molecular weight excluding hydrogens is 320 g/mol. The van der Waals surface area contributed by atoms with Gasteiger partial charge in [0.05, 0.1) is 11.9 Å². The van der Waals surface area contributed by atoms with E-state index in [2.05, 4.69) is 66.7 Å². The number of hydrogen-bond donors (Lipinski definition) is 0. The summed E-state index contributed by atoms with van der Waals surface area (Å²) >= 11 is 0. The lowest BCUT2D eigenvalue weighted by Gasteiger charge is -2.44. The standard InChI is InChI=1S/C19H22N2O.C4H8/c1-14-2-4-15(5-3-14)18-7-6-17(12-20-18)22-19-13-21-10-8-16(19)9-11-21;1-3-4-2/h2-7,12,16,19H,8-11,13H2,1H3;3H,1,4H2,2H3/t19-;/m0./s1. The van der Waals surface area contributed by atoms with Crippen molar-refractivity contribution in [2.75, 3.05) is 19.6 Å². The zero-order valence-electron chi connectivity index (χ0n) is 16.0. The van der Waals surface area contributed by atoms with Gasteiger partial charge in [-0.1, -0.05) is 42.8 Å². The molecule has 3 fully saturated rings. The van der Waals surface area contributed by atoms with Crippen molar-refractivity contribution in [1.82, 2.24) is 9.88 Å². The lowest BCUT2D eigenvalue weighted by molar-refractivity contribution is -0.00791. The van der Waals surface area contributed by atoms with Crippen LogP contribution in [0.5, 0.6) is 5.75 Å². The number of allylic oxidation sites excluding steroid dienone is 1. The molecule has 2 bridgehead atoms. The van der Waals surface area contributed by atoms with Gasteiger partial charge in [0.25, 0.3) is 0 Å². The normalized spacial score (nSPS) is 23.7. The summed E-state index contributed by atoms with van der Waals surface area (Å²) in [6, 6.07) is 12.6. The highest BCUT2D eigenvalue weighted by atomic mass is 16.5. The maximum atomic E-state index is 6.20. The number of rotatable bonds is 4. The fourth-order valence-electron chi connectivity index (χ4n) is 3.56. The van der Waals surface area contributed by atoms with E-state index in [1.807, 2.05) is 12.3 Å². The first-order valence-corrected chi connectivity index (χ1v) is 9.72. The number of aryl methyl sites for hydroxylation is 1. The third kappa shape index (κ3) is 4.73. The molecule has 0 N–H and O–H groups in total. The van der Waals surface area contributed by atoms with E-state index in [0.717, 1.165) is 35.9 Å².